The van der Waals surface area contributed by atoms with Crippen molar-refractivity contribution in [3.05, 3.63) is 12.2 Å². The summed E-state index contributed by atoms with van der Waals surface area (Å²) < 4.78 is 5.49. The highest BCUT2D eigenvalue weighted by atomic mass is 16.5. The van der Waals surface area contributed by atoms with Crippen molar-refractivity contribution in [2.75, 3.05) is 6.61 Å². The highest BCUT2D eigenvalue weighted by molar-refractivity contribution is 5.69. The fourth-order valence-corrected chi connectivity index (χ4v) is 7.90. The Morgan fingerprint density at radius 3 is 0.811 bits per heavy atom. The van der Waals surface area contributed by atoms with Crippen LogP contribution >= 0.6 is 0 Å². The second-order valence-electron chi connectivity index (χ2n) is 17.2. The summed E-state index contributed by atoms with van der Waals surface area (Å²) in [4.78, 5) is 12.0. The molecule has 0 heterocycles. The second kappa shape index (κ2) is 49.2. The first kappa shape index (κ1) is 52.2. The van der Waals surface area contributed by atoms with Crippen molar-refractivity contribution in [1.29, 1.82) is 0 Å². The lowest BCUT2D eigenvalue weighted by Crippen LogP contribution is -2.05. The van der Waals surface area contributed by atoms with Gasteiger partial charge < -0.3 is 4.74 Å². The predicted molar refractivity (Wildman–Crippen MR) is 239 cm³/mol. The number of allylic oxidation sites excluding steroid dienone is 2. The lowest BCUT2D eigenvalue weighted by Gasteiger charge is -2.06. The summed E-state index contributed by atoms with van der Waals surface area (Å²) in [5.41, 5.74) is 0. The summed E-state index contributed by atoms with van der Waals surface area (Å²) in [5, 5.41) is 0. The highest BCUT2D eigenvalue weighted by Gasteiger charge is 2.03. The van der Waals surface area contributed by atoms with E-state index in [0.717, 1.165) is 12.8 Å². The molecule has 0 atom stereocenters. The number of hydrogen-bond donors (Lipinski definition) is 0. The van der Waals surface area contributed by atoms with Gasteiger partial charge in [-0.05, 0) is 38.5 Å². The average molecular weight is 745 g/mol. The molecule has 0 saturated carbocycles. The second-order valence-corrected chi connectivity index (χ2v) is 17.2. The smallest absolute Gasteiger partial charge is 0.305 e. The van der Waals surface area contributed by atoms with Crippen LogP contribution < -0.4 is 0 Å². The van der Waals surface area contributed by atoms with Gasteiger partial charge in [-0.3, -0.25) is 4.79 Å². The molecule has 0 spiro atoms. The molecule has 0 saturated heterocycles. The van der Waals surface area contributed by atoms with Gasteiger partial charge in [0.05, 0.1) is 6.61 Å². The van der Waals surface area contributed by atoms with Gasteiger partial charge in [0, 0.05) is 6.42 Å². The number of ether oxygens (including phenoxy) is 1. The highest BCUT2D eigenvalue weighted by Crippen LogP contribution is 2.17. The zero-order chi connectivity index (χ0) is 38.2. The molecule has 0 aliphatic rings. The van der Waals surface area contributed by atoms with Crippen LogP contribution in [0.2, 0.25) is 0 Å². The third-order valence-electron chi connectivity index (χ3n) is 11.7. The normalized spacial score (nSPS) is 11.7. The molecule has 0 aromatic rings. The number of carbonyl (C=O) groups excluding carboxylic acids is 1. The molecule has 0 aliphatic heterocycles. The minimum Gasteiger partial charge on any atom is -0.466 e. The van der Waals surface area contributed by atoms with E-state index in [1.807, 2.05) is 0 Å². The van der Waals surface area contributed by atoms with E-state index in [4.69, 9.17) is 4.74 Å². The number of rotatable bonds is 47. The molecule has 0 aliphatic carbocycles. The Morgan fingerprint density at radius 1 is 0.302 bits per heavy atom. The molecule has 0 bridgehead atoms. The van der Waals surface area contributed by atoms with Crippen LogP contribution in [0.25, 0.3) is 0 Å². The quantitative estimate of drug-likeness (QED) is 0.0352. The van der Waals surface area contributed by atoms with Crippen LogP contribution in [-0.4, -0.2) is 12.6 Å². The number of hydrogen-bond acceptors (Lipinski definition) is 2. The van der Waals surface area contributed by atoms with E-state index < -0.39 is 0 Å². The fourth-order valence-electron chi connectivity index (χ4n) is 7.90. The van der Waals surface area contributed by atoms with Crippen molar-refractivity contribution in [3.8, 4) is 0 Å². The van der Waals surface area contributed by atoms with Crippen LogP contribution in [0.1, 0.15) is 303 Å². The van der Waals surface area contributed by atoms with Crippen LogP contribution in [0, 0.1) is 0 Å². The Balaban J connectivity index is 3.16. The molecule has 0 N–H and O–H groups in total. The molecule has 0 aromatic heterocycles. The lowest BCUT2D eigenvalue weighted by molar-refractivity contribution is -0.143. The van der Waals surface area contributed by atoms with E-state index >= 15 is 0 Å². The maximum absolute atomic E-state index is 12.0. The predicted octanol–water partition coefficient (Wildman–Crippen LogP) is 18.7. The Kier molecular flexibility index (Phi) is 48.5. The summed E-state index contributed by atoms with van der Waals surface area (Å²) in [6, 6.07) is 0. The SMILES string of the molecule is CCCCCCCCC=CCCCCCCCCCCCC(=O)OCCCCCCCCCCCCCCCCCCCCCCCCCCCCC. The van der Waals surface area contributed by atoms with Gasteiger partial charge in [-0.15, -0.1) is 0 Å². The Hall–Kier alpha value is -0.790. The van der Waals surface area contributed by atoms with E-state index in [0.29, 0.717) is 13.0 Å². The lowest BCUT2D eigenvalue weighted by atomic mass is 10.0. The van der Waals surface area contributed by atoms with E-state index in [1.54, 1.807) is 0 Å². The summed E-state index contributed by atoms with van der Waals surface area (Å²) in [6.07, 6.45) is 66.4. The summed E-state index contributed by atoms with van der Waals surface area (Å²) in [5.74, 6) is 0.0286. The van der Waals surface area contributed by atoms with E-state index in [-0.39, 0.29) is 5.97 Å². The van der Waals surface area contributed by atoms with Gasteiger partial charge in [0.25, 0.3) is 0 Å². The molecular formula is C51H100O2. The van der Waals surface area contributed by atoms with Crippen molar-refractivity contribution in [1.82, 2.24) is 0 Å². The third kappa shape index (κ3) is 49.2. The van der Waals surface area contributed by atoms with E-state index in [9.17, 15) is 4.79 Å². The van der Waals surface area contributed by atoms with Crippen molar-refractivity contribution >= 4 is 5.97 Å². The molecule has 0 aromatic carbocycles. The van der Waals surface area contributed by atoms with Gasteiger partial charge in [0.1, 0.15) is 0 Å². The number of unbranched alkanes of at least 4 members (excludes halogenated alkanes) is 41. The first-order valence-corrected chi connectivity index (χ1v) is 25.1. The Labute approximate surface area is 336 Å². The number of esters is 1. The molecule has 0 rings (SSSR count). The number of carbonyl (C=O) groups is 1. The topological polar surface area (TPSA) is 26.3 Å². The maximum atomic E-state index is 12.0. The summed E-state index contributed by atoms with van der Waals surface area (Å²) in [7, 11) is 0. The van der Waals surface area contributed by atoms with Crippen molar-refractivity contribution in [2.24, 2.45) is 0 Å². The van der Waals surface area contributed by atoms with Gasteiger partial charge in [-0.2, -0.15) is 0 Å². The van der Waals surface area contributed by atoms with E-state index in [1.165, 1.54) is 270 Å². The van der Waals surface area contributed by atoms with E-state index in [2.05, 4.69) is 26.0 Å². The molecule has 0 unspecified atom stereocenters. The molecule has 0 amide bonds. The molecule has 2 heteroatoms. The zero-order valence-corrected chi connectivity index (χ0v) is 37.0. The van der Waals surface area contributed by atoms with Gasteiger partial charge in [-0.25, -0.2) is 0 Å². The minimum atomic E-state index is 0.0286. The maximum Gasteiger partial charge on any atom is 0.305 e. The fraction of sp³-hybridized carbons (Fsp3) is 0.941. The van der Waals surface area contributed by atoms with Crippen LogP contribution in [0.5, 0.6) is 0 Å². The average Bonchev–Trinajstić information content (AvgIpc) is 3.16. The largest absolute Gasteiger partial charge is 0.466 e. The summed E-state index contributed by atoms with van der Waals surface area (Å²) >= 11 is 0. The molecule has 316 valence electrons. The van der Waals surface area contributed by atoms with Crippen LogP contribution in [0.15, 0.2) is 12.2 Å². The van der Waals surface area contributed by atoms with Gasteiger partial charge in [0.2, 0.25) is 0 Å². The first-order chi connectivity index (χ1) is 26.3. The molecule has 0 radical (unpaired) electrons. The molecule has 2 nitrogen and oxygen atoms in total. The van der Waals surface area contributed by atoms with Crippen molar-refractivity contribution in [3.63, 3.8) is 0 Å². The Bertz CT molecular complexity index is 684. The van der Waals surface area contributed by atoms with Crippen LogP contribution in [-0.2, 0) is 9.53 Å². The van der Waals surface area contributed by atoms with Crippen molar-refractivity contribution in [2.45, 2.75) is 303 Å². The van der Waals surface area contributed by atoms with Gasteiger partial charge >= 0.3 is 5.97 Å². The third-order valence-corrected chi connectivity index (χ3v) is 11.7. The standard InChI is InChI=1S/C51H100O2/c1-3-5-7-9-11-13-15-17-19-21-23-24-25-26-27-28-29-30-32-34-36-38-40-42-44-46-48-50-53-51(52)49-47-45-43-41-39-37-35-33-31-22-20-18-16-14-12-10-8-6-4-2/h18,20H,3-17,19,21-50H2,1-2H3. The molecule has 0 fully saturated rings. The van der Waals surface area contributed by atoms with Crippen LogP contribution in [0.4, 0.5) is 0 Å². The first-order valence-electron chi connectivity index (χ1n) is 25.1. The summed E-state index contributed by atoms with van der Waals surface area (Å²) in [6.45, 7) is 5.23. The van der Waals surface area contributed by atoms with Crippen molar-refractivity contribution < 1.29 is 9.53 Å². The molecular weight excluding hydrogens is 645 g/mol. The van der Waals surface area contributed by atoms with Gasteiger partial charge in [-0.1, -0.05) is 270 Å². The van der Waals surface area contributed by atoms with Gasteiger partial charge in [0.15, 0.2) is 0 Å². The molecule has 53 heavy (non-hydrogen) atoms. The monoisotopic (exact) mass is 745 g/mol. The zero-order valence-electron chi connectivity index (χ0n) is 37.0. The minimum absolute atomic E-state index is 0.0286. The van der Waals surface area contributed by atoms with Crippen LogP contribution in [0.3, 0.4) is 0 Å². The Morgan fingerprint density at radius 2 is 0.528 bits per heavy atom.